The molecule has 1 aliphatic rings. The lowest BCUT2D eigenvalue weighted by Gasteiger charge is -2.21. The Hall–Kier alpha value is -2.55. The van der Waals surface area contributed by atoms with E-state index in [9.17, 15) is 14.4 Å². The molecule has 0 bridgehead atoms. The summed E-state index contributed by atoms with van der Waals surface area (Å²) in [6, 6.07) is 17.8. The highest BCUT2D eigenvalue weighted by atomic mass is 16.2. The average Bonchev–Trinajstić information content (AvgIpc) is 2.75. The molecule has 0 radical (unpaired) electrons. The van der Waals surface area contributed by atoms with E-state index < -0.39 is 5.92 Å². The highest BCUT2D eigenvalue weighted by Gasteiger charge is 2.30. The van der Waals surface area contributed by atoms with Gasteiger partial charge in [-0.25, -0.2) is 0 Å². The molecule has 0 atom stereocenters. The van der Waals surface area contributed by atoms with Gasteiger partial charge in [-0.1, -0.05) is 79.9 Å². The van der Waals surface area contributed by atoms with Crippen LogP contribution in [0.1, 0.15) is 65.7 Å². The Labute approximate surface area is 160 Å². The fraction of sp³-hybridized carbons (Fsp3) is 0.375. The predicted octanol–water partition coefficient (Wildman–Crippen LogP) is 5.30. The van der Waals surface area contributed by atoms with Crippen LogP contribution in [0.4, 0.5) is 0 Å². The first-order valence-electron chi connectivity index (χ1n) is 9.88. The second-order valence-corrected chi connectivity index (χ2v) is 7.35. The van der Waals surface area contributed by atoms with Crippen LogP contribution in [0.2, 0.25) is 0 Å². The molecule has 1 fully saturated rings. The SMILES string of the molecule is O=C(CCC(C(=O)c1ccccc1)C(=O)c1ccccc1)C1CCCCC1. The van der Waals surface area contributed by atoms with Crippen molar-refractivity contribution in [2.45, 2.75) is 44.9 Å². The molecule has 0 aliphatic heterocycles. The molecule has 0 spiro atoms. The van der Waals surface area contributed by atoms with Crippen LogP contribution in [0, 0.1) is 11.8 Å². The van der Waals surface area contributed by atoms with Crippen LogP contribution >= 0.6 is 0 Å². The van der Waals surface area contributed by atoms with Crippen molar-refractivity contribution in [3.05, 3.63) is 71.8 Å². The van der Waals surface area contributed by atoms with E-state index in [4.69, 9.17) is 0 Å². The maximum atomic E-state index is 13.0. The molecule has 0 amide bonds. The number of ketones is 3. The second-order valence-electron chi connectivity index (χ2n) is 7.35. The molecule has 1 aliphatic carbocycles. The van der Waals surface area contributed by atoms with Gasteiger partial charge < -0.3 is 0 Å². The van der Waals surface area contributed by atoms with E-state index in [0.717, 1.165) is 25.7 Å². The van der Waals surface area contributed by atoms with Crippen molar-refractivity contribution in [1.29, 1.82) is 0 Å². The Morgan fingerprint density at radius 1 is 0.741 bits per heavy atom. The van der Waals surface area contributed by atoms with Crippen LogP contribution in [0.15, 0.2) is 60.7 Å². The van der Waals surface area contributed by atoms with Gasteiger partial charge in [-0.2, -0.15) is 0 Å². The molecule has 140 valence electrons. The fourth-order valence-corrected chi connectivity index (χ4v) is 3.90. The first-order valence-corrected chi connectivity index (χ1v) is 9.88. The molecule has 27 heavy (non-hydrogen) atoms. The lowest BCUT2D eigenvalue weighted by atomic mass is 9.81. The van der Waals surface area contributed by atoms with Crippen LogP contribution in [0.25, 0.3) is 0 Å². The van der Waals surface area contributed by atoms with Crippen molar-refractivity contribution in [2.24, 2.45) is 11.8 Å². The van der Waals surface area contributed by atoms with Crippen molar-refractivity contribution in [3.8, 4) is 0 Å². The maximum absolute atomic E-state index is 13.0. The van der Waals surface area contributed by atoms with Gasteiger partial charge in [0.2, 0.25) is 0 Å². The Kier molecular flexibility index (Phi) is 6.69. The molecule has 0 N–H and O–H groups in total. The summed E-state index contributed by atoms with van der Waals surface area (Å²) in [5, 5.41) is 0. The van der Waals surface area contributed by atoms with Gasteiger partial charge in [-0.15, -0.1) is 0 Å². The predicted molar refractivity (Wildman–Crippen MR) is 106 cm³/mol. The lowest BCUT2D eigenvalue weighted by molar-refractivity contribution is -0.123. The highest BCUT2D eigenvalue weighted by molar-refractivity contribution is 6.16. The number of hydrogen-bond donors (Lipinski definition) is 0. The molecule has 3 rings (SSSR count). The van der Waals surface area contributed by atoms with E-state index in [1.54, 1.807) is 48.5 Å². The van der Waals surface area contributed by atoms with E-state index in [2.05, 4.69) is 0 Å². The maximum Gasteiger partial charge on any atom is 0.173 e. The molecule has 0 unspecified atom stereocenters. The first-order chi connectivity index (χ1) is 13.2. The van der Waals surface area contributed by atoms with E-state index in [1.165, 1.54) is 6.42 Å². The number of Topliss-reactive ketones (excluding diaryl/α,β-unsaturated/α-hetero) is 3. The van der Waals surface area contributed by atoms with Gasteiger partial charge in [0.15, 0.2) is 11.6 Å². The van der Waals surface area contributed by atoms with Gasteiger partial charge in [-0.3, -0.25) is 14.4 Å². The van der Waals surface area contributed by atoms with Crippen LogP contribution in [-0.4, -0.2) is 17.3 Å². The second kappa shape index (κ2) is 9.40. The molecular weight excluding hydrogens is 336 g/mol. The van der Waals surface area contributed by atoms with Gasteiger partial charge in [0.05, 0.1) is 5.92 Å². The monoisotopic (exact) mass is 362 g/mol. The lowest BCUT2D eigenvalue weighted by Crippen LogP contribution is -2.27. The first kappa shape index (κ1) is 19.2. The van der Waals surface area contributed by atoms with Crippen molar-refractivity contribution in [1.82, 2.24) is 0 Å². The van der Waals surface area contributed by atoms with Gasteiger partial charge in [0.1, 0.15) is 5.78 Å². The normalized spacial score (nSPS) is 14.9. The van der Waals surface area contributed by atoms with Crippen molar-refractivity contribution in [3.63, 3.8) is 0 Å². The molecule has 3 nitrogen and oxygen atoms in total. The summed E-state index contributed by atoms with van der Waals surface area (Å²) in [7, 11) is 0. The van der Waals surface area contributed by atoms with Crippen molar-refractivity contribution in [2.75, 3.05) is 0 Å². The molecule has 0 aromatic heterocycles. The number of benzene rings is 2. The minimum Gasteiger partial charge on any atom is -0.299 e. The summed E-state index contributed by atoms with van der Waals surface area (Å²) >= 11 is 0. The third-order valence-electron chi connectivity index (χ3n) is 5.49. The van der Waals surface area contributed by atoms with Gasteiger partial charge in [0.25, 0.3) is 0 Å². The summed E-state index contributed by atoms with van der Waals surface area (Å²) in [5.74, 6) is -0.872. The quantitative estimate of drug-likeness (QED) is 0.473. The van der Waals surface area contributed by atoms with E-state index in [1.807, 2.05) is 12.1 Å². The van der Waals surface area contributed by atoms with Crippen molar-refractivity contribution >= 4 is 17.3 Å². The third kappa shape index (κ3) is 5.00. The zero-order chi connectivity index (χ0) is 19.1. The smallest absolute Gasteiger partial charge is 0.173 e. The van der Waals surface area contributed by atoms with Crippen LogP contribution in [-0.2, 0) is 4.79 Å². The molecule has 3 heteroatoms. The highest BCUT2D eigenvalue weighted by Crippen LogP contribution is 2.27. The molecule has 0 saturated heterocycles. The molecule has 2 aromatic rings. The average molecular weight is 362 g/mol. The summed E-state index contributed by atoms with van der Waals surface area (Å²) in [6.45, 7) is 0. The molecule has 0 heterocycles. The number of rotatable bonds is 8. The van der Waals surface area contributed by atoms with E-state index >= 15 is 0 Å². The standard InChI is InChI=1S/C24H26O3/c25-22(18-10-4-1-5-11-18)17-16-21(23(26)19-12-6-2-7-13-19)24(27)20-14-8-3-9-15-20/h2-3,6-9,12-15,18,21H,1,4-5,10-11,16-17H2. The Bertz CT molecular complexity index is 722. The molecule has 1 saturated carbocycles. The summed E-state index contributed by atoms with van der Waals surface area (Å²) in [4.78, 5) is 38.6. The van der Waals surface area contributed by atoms with E-state index in [0.29, 0.717) is 17.5 Å². The van der Waals surface area contributed by atoms with Gasteiger partial charge in [0, 0.05) is 23.5 Å². The number of carbonyl (C=O) groups excluding carboxylic acids is 3. The van der Waals surface area contributed by atoms with Crippen molar-refractivity contribution < 1.29 is 14.4 Å². The fourth-order valence-electron chi connectivity index (χ4n) is 3.90. The summed E-state index contributed by atoms with van der Waals surface area (Å²) in [6.07, 6.45) is 5.89. The number of hydrogen-bond acceptors (Lipinski definition) is 3. The Balaban J connectivity index is 1.76. The van der Waals surface area contributed by atoms with Gasteiger partial charge >= 0.3 is 0 Å². The van der Waals surface area contributed by atoms with Crippen LogP contribution < -0.4 is 0 Å². The molecule has 2 aromatic carbocycles. The minimum atomic E-state index is -0.803. The third-order valence-corrected chi connectivity index (χ3v) is 5.49. The Morgan fingerprint density at radius 3 is 1.70 bits per heavy atom. The molecular formula is C24H26O3. The van der Waals surface area contributed by atoms with Gasteiger partial charge in [-0.05, 0) is 19.3 Å². The number of carbonyl (C=O) groups is 3. The zero-order valence-electron chi connectivity index (χ0n) is 15.6. The minimum absolute atomic E-state index is 0.109. The van der Waals surface area contributed by atoms with E-state index in [-0.39, 0.29) is 29.7 Å². The zero-order valence-corrected chi connectivity index (χ0v) is 15.6. The van der Waals surface area contributed by atoms with Crippen LogP contribution in [0.3, 0.4) is 0 Å². The largest absolute Gasteiger partial charge is 0.299 e. The summed E-state index contributed by atoms with van der Waals surface area (Å²) in [5.41, 5.74) is 1.05. The Morgan fingerprint density at radius 2 is 1.22 bits per heavy atom. The summed E-state index contributed by atoms with van der Waals surface area (Å²) < 4.78 is 0. The van der Waals surface area contributed by atoms with Crippen LogP contribution in [0.5, 0.6) is 0 Å². The topological polar surface area (TPSA) is 51.2 Å².